The molecule has 32 heavy (non-hydrogen) atoms. The van der Waals surface area contributed by atoms with Crippen LogP contribution in [0.1, 0.15) is 57.6 Å². The van der Waals surface area contributed by atoms with E-state index in [1.165, 1.54) is 24.8 Å². The lowest BCUT2D eigenvalue weighted by molar-refractivity contribution is 0.286. The van der Waals surface area contributed by atoms with Gasteiger partial charge in [-0.15, -0.1) is 5.10 Å². The fourth-order valence-corrected chi connectivity index (χ4v) is 3.46. The highest BCUT2D eigenvalue weighted by Crippen LogP contribution is 2.33. The van der Waals surface area contributed by atoms with Gasteiger partial charge in [0.2, 0.25) is 5.88 Å². The number of phenolic OH excluding ortho intramolecular Hbond substituents is 1. The molecule has 0 saturated carbocycles. The number of ether oxygens (including phenoxy) is 2. The summed E-state index contributed by atoms with van der Waals surface area (Å²) in [6.07, 6.45) is 8.28. The van der Waals surface area contributed by atoms with Crippen LogP contribution in [0.2, 0.25) is 0 Å². The third kappa shape index (κ3) is 7.22. The Morgan fingerprint density at radius 1 is 0.906 bits per heavy atom. The minimum atomic E-state index is 0.277. The number of unbranched alkanes of at least 4 members (excludes halogenated alkanes) is 3. The molecule has 3 rings (SSSR count). The van der Waals surface area contributed by atoms with Gasteiger partial charge in [0, 0.05) is 5.56 Å². The van der Waals surface area contributed by atoms with Crippen molar-refractivity contribution in [3.63, 3.8) is 0 Å². The van der Waals surface area contributed by atoms with E-state index in [-0.39, 0.29) is 5.75 Å². The van der Waals surface area contributed by atoms with Crippen molar-refractivity contribution in [3.8, 4) is 28.5 Å². The molecule has 0 saturated heterocycles. The highest BCUT2D eigenvalue weighted by atomic mass is 16.5. The van der Waals surface area contributed by atoms with Gasteiger partial charge in [-0.1, -0.05) is 81.5 Å². The smallest absolute Gasteiger partial charge is 0.244 e. The summed E-state index contributed by atoms with van der Waals surface area (Å²) in [5, 5.41) is 21.0. The second-order valence-electron chi connectivity index (χ2n) is 7.39. The highest BCUT2D eigenvalue weighted by Gasteiger charge is 2.12. The molecule has 0 unspecified atom stereocenters. The monoisotopic (exact) mass is 437 g/mol. The Morgan fingerprint density at radius 2 is 1.69 bits per heavy atom. The van der Waals surface area contributed by atoms with Crippen LogP contribution in [0.5, 0.6) is 17.4 Å². The molecule has 0 aliphatic heterocycles. The van der Waals surface area contributed by atoms with Crippen LogP contribution in [-0.2, 0) is 12.8 Å². The van der Waals surface area contributed by atoms with E-state index in [0.717, 1.165) is 36.0 Å². The summed E-state index contributed by atoms with van der Waals surface area (Å²) in [6, 6.07) is 13.6. The van der Waals surface area contributed by atoms with E-state index in [9.17, 15) is 5.11 Å². The van der Waals surface area contributed by atoms with Crippen LogP contribution in [0, 0.1) is 0 Å². The van der Waals surface area contributed by atoms with E-state index in [1.54, 1.807) is 19.4 Å². The number of nitrogens with zero attached hydrogens (tertiary/aromatic N) is 3. The number of aromatic nitrogens is 3. The quantitative estimate of drug-likeness (QED) is 0.391. The molecule has 0 bridgehead atoms. The normalized spacial score (nSPS) is 10.2. The zero-order valence-corrected chi connectivity index (χ0v) is 19.7. The SMILES string of the molecule is CCCCCCOc1c(O)ccc(CC)c1CC.COc1nnncc1-c1ccccc1. The molecule has 0 fully saturated rings. The van der Waals surface area contributed by atoms with Gasteiger partial charge in [0.15, 0.2) is 11.5 Å². The summed E-state index contributed by atoms with van der Waals surface area (Å²) in [5.74, 6) is 1.47. The second kappa shape index (κ2) is 14.0. The molecule has 6 nitrogen and oxygen atoms in total. The molecule has 0 aliphatic rings. The molecule has 0 amide bonds. The molecule has 1 N–H and O–H groups in total. The average Bonchev–Trinajstić information content (AvgIpc) is 2.85. The van der Waals surface area contributed by atoms with Crippen LogP contribution in [-0.4, -0.2) is 34.2 Å². The molecule has 1 heterocycles. The van der Waals surface area contributed by atoms with Crippen molar-refractivity contribution in [1.82, 2.24) is 15.4 Å². The maximum absolute atomic E-state index is 9.92. The van der Waals surface area contributed by atoms with E-state index in [2.05, 4.69) is 36.2 Å². The van der Waals surface area contributed by atoms with Crippen molar-refractivity contribution in [3.05, 3.63) is 59.8 Å². The van der Waals surface area contributed by atoms with Gasteiger partial charge in [0.05, 0.1) is 25.5 Å². The van der Waals surface area contributed by atoms with E-state index in [4.69, 9.17) is 9.47 Å². The topological polar surface area (TPSA) is 77.4 Å². The van der Waals surface area contributed by atoms with Gasteiger partial charge in [-0.25, -0.2) is 0 Å². The van der Waals surface area contributed by atoms with Gasteiger partial charge in [-0.3, -0.25) is 0 Å². The van der Waals surface area contributed by atoms with Crippen LogP contribution < -0.4 is 9.47 Å². The Kier molecular flexibility index (Phi) is 11.0. The van der Waals surface area contributed by atoms with E-state index in [0.29, 0.717) is 18.2 Å². The molecule has 1 aromatic heterocycles. The van der Waals surface area contributed by atoms with Crippen molar-refractivity contribution >= 4 is 0 Å². The number of aromatic hydroxyl groups is 1. The van der Waals surface area contributed by atoms with Gasteiger partial charge in [0.1, 0.15) is 0 Å². The predicted molar refractivity (Wildman–Crippen MR) is 128 cm³/mol. The molecular weight excluding hydrogens is 402 g/mol. The minimum absolute atomic E-state index is 0.277. The summed E-state index contributed by atoms with van der Waals surface area (Å²) in [6.45, 7) is 7.15. The lowest BCUT2D eigenvalue weighted by Crippen LogP contribution is -2.02. The molecule has 0 spiro atoms. The van der Waals surface area contributed by atoms with E-state index < -0.39 is 0 Å². The third-order valence-corrected chi connectivity index (χ3v) is 5.20. The Hall–Kier alpha value is -3.15. The molecule has 2 aromatic carbocycles. The Balaban J connectivity index is 0.000000233. The molecule has 172 valence electrons. The first kappa shape index (κ1) is 25.1. The fourth-order valence-electron chi connectivity index (χ4n) is 3.46. The average molecular weight is 438 g/mol. The lowest BCUT2D eigenvalue weighted by atomic mass is 10.0. The van der Waals surface area contributed by atoms with Gasteiger partial charge < -0.3 is 14.6 Å². The van der Waals surface area contributed by atoms with Gasteiger partial charge in [0.25, 0.3) is 0 Å². The van der Waals surface area contributed by atoms with Crippen molar-refractivity contribution in [2.45, 2.75) is 59.3 Å². The number of phenols is 1. The van der Waals surface area contributed by atoms with Crippen LogP contribution in [0.15, 0.2) is 48.7 Å². The van der Waals surface area contributed by atoms with Crippen LogP contribution >= 0.6 is 0 Å². The summed E-state index contributed by atoms with van der Waals surface area (Å²) < 4.78 is 10.9. The fraction of sp³-hybridized carbons (Fsp3) is 0.423. The number of aryl methyl sites for hydroxylation is 1. The second-order valence-corrected chi connectivity index (χ2v) is 7.39. The molecular formula is C26H35N3O3. The molecule has 0 radical (unpaired) electrons. The summed E-state index contributed by atoms with van der Waals surface area (Å²) in [4.78, 5) is 0. The van der Waals surface area contributed by atoms with Crippen molar-refractivity contribution in [1.29, 1.82) is 0 Å². The first-order valence-corrected chi connectivity index (χ1v) is 11.4. The zero-order chi connectivity index (χ0) is 23.2. The minimum Gasteiger partial charge on any atom is -0.504 e. The maximum atomic E-state index is 9.92. The van der Waals surface area contributed by atoms with Crippen LogP contribution in [0.4, 0.5) is 0 Å². The first-order chi connectivity index (χ1) is 15.7. The number of hydrogen-bond donors (Lipinski definition) is 1. The molecule has 0 aliphatic carbocycles. The Bertz CT molecular complexity index is 933. The van der Waals surface area contributed by atoms with Gasteiger partial charge >= 0.3 is 0 Å². The van der Waals surface area contributed by atoms with E-state index >= 15 is 0 Å². The lowest BCUT2D eigenvalue weighted by Gasteiger charge is -2.15. The summed E-state index contributed by atoms with van der Waals surface area (Å²) >= 11 is 0. The highest BCUT2D eigenvalue weighted by molar-refractivity contribution is 5.66. The molecule has 6 heteroatoms. The summed E-state index contributed by atoms with van der Waals surface area (Å²) in [7, 11) is 1.57. The largest absolute Gasteiger partial charge is 0.504 e. The summed E-state index contributed by atoms with van der Waals surface area (Å²) in [5.41, 5.74) is 4.31. The van der Waals surface area contributed by atoms with Crippen LogP contribution in [0.3, 0.4) is 0 Å². The standard InChI is InChI=1S/C16H26O2.C10H9N3O/c1-4-7-8-9-12-18-16-14(6-3)13(5-2)10-11-15(16)17;1-14-10-9(7-11-13-12-10)8-5-3-2-4-6-8/h10-11,17H,4-9,12H2,1-3H3;2-7H,1H3. The first-order valence-electron chi connectivity index (χ1n) is 11.4. The van der Waals surface area contributed by atoms with E-state index in [1.807, 2.05) is 36.4 Å². The maximum Gasteiger partial charge on any atom is 0.244 e. The number of benzene rings is 2. The van der Waals surface area contributed by atoms with Crippen molar-refractivity contribution in [2.75, 3.05) is 13.7 Å². The van der Waals surface area contributed by atoms with Crippen molar-refractivity contribution < 1.29 is 14.6 Å². The number of hydrogen-bond acceptors (Lipinski definition) is 6. The Labute approximate surface area is 191 Å². The van der Waals surface area contributed by atoms with Crippen LogP contribution in [0.25, 0.3) is 11.1 Å². The third-order valence-electron chi connectivity index (χ3n) is 5.20. The molecule has 0 atom stereocenters. The Morgan fingerprint density at radius 3 is 2.34 bits per heavy atom. The predicted octanol–water partition coefficient (Wildman–Crippen LogP) is 6.02. The van der Waals surface area contributed by atoms with Gasteiger partial charge in [-0.2, -0.15) is 0 Å². The number of methoxy groups -OCH3 is 1. The number of rotatable bonds is 10. The molecule has 3 aromatic rings. The van der Waals surface area contributed by atoms with Gasteiger partial charge in [-0.05, 0) is 41.7 Å². The van der Waals surface area contributed by atoms with Crippen molar-refractivity contribution in [2.24, 2.45) is 0 Å². The zero-order valence-electron chi connectivity index (χ0n) is 19.7.